The highest BCUT2D eigenvalue weighted by Crippen LogP contribution is 2.42. The number of hydrogen-bond donors (Lipinski definition) is 1. The number of thioether (sulfide) groups is 1. The van der Waals surface area contributed by atoms with Crippen LogP contribution in [-0.4, -0.2) is 17.5 Å². The Kier molecular flexibility index (Phi) is 4.28. The summed E-state index contributed by atoms with van der Waals surface area (Å²) in [5.74, 6) is -0.941. The molecule has 1 nitrogen and oxygen atoms in total. The van der Waals surface area contributed by atoms with Gasteiger partial charge in [-0.1, -0.05) is 12.5 Å². The molecule has 1 unspecified atom stereocenters. The molecular weight excluding hydrogens is 252 g/mol. The van der Waals surface area contributed by atoms with E-state index in [-0.39, 0.29) is 16.4 Å². The third-order valence-electron chi connectivity index (χ3n) is 3.86. The van der Waals surface area contributed by atoms with Crippen molar-refractivity contribution in [2.24, 2.45) is 0 Å². The summed E-state index contributed by atoms with van der Waals surface area (Å²) in [5.41, 5.74) is 0.146. The van der Waals surface area contributed by atoms with Crippen molar-refractivity contribution in [3.8, 4) is 0 Å². The summed E-state index contributed by atoms with van der Waals surface area (Å²) in [6.07, 6.45) is 5.74. The Morgan fingerprint density at radius 3 is 2.39 bits per heavy atom. The Morgan fingerprint density at radius 1 is 1.33 bits per heavy atom. The molecule has 0 spiro atoms. The van der Waals surface area contributed by atoms with Gasteiger partial charge in [-0.15, -0.1) is 0 Å². The summed E-state index contributed by atoms with van der Waals surface area (Å²) in [5, 5.41) is 3.27. The van der Waals surface area contributed by atoms with Crippen LogP contribution < -0.4 is 5.32 Å². The van der Waals surface area contributed by atoms with Crippen LogP contribution in [0.25, 0.3) is 0 Å². The van der Waals surface area contributed by atoms with Gasteiger partial charge in [-0.3, -0.25) is 0 Å². The fourth-order valence-electron chi connectivity index (χ4n) is 2.39. The van der Waals surface area contributed by atoms with Gasteiger partial charge in [0.15, 0.2) is 0 Å². The molecular formula is C14H19F2NS. The molecule has 0 aromatic heterocycles. The van der Waals surface area contributed by atoms with Crippen LogP contribution >= 0.6 is 11.8 Å². The van der Waals surface area contributed by atoms with Crippen LogP contribution in [-0.2, 0) is 0 Å². The largest absolute Gasteiger partial charge is 0.309 e. The summed E-state index contributed by atoms with van der Waals surface area (Å²) in [6.45, 7) is 2.62. The second-order valence-electron chi connectivity index (χ2n) is 4.98. The molecule has 1 atom stereocenters. The van der Waals surface area contributed by atoms with Crippen molar-refractivity contribution in [3.63, 3.8) is 0 Å². The highest BCUT2D eigenvalue weighted by Gasteiger charge is 2.36. The Balaban J connectivity index is 2.01. The minimum Gasteiger partial charge on any atom is -0.309 e. The zero-order valence-corrected chi connectivity index (χ0v) is 11.6. The lowest BCUT2D eigenvalue weighted by Gasteiger charge is -2.41. The van der Waals surface area contributed by atoms with Crippen LogP contribution in [0.4, 0.5) is 8.78 Å². The van der Waals surface area contributed by atoms with E-state index >= 15 is 0 Å². The highest BCUT2D eigenvalue weighted by molar-refractivity contribution is 8.00. The van der Waals surface area contributed by atoms with Crippen molar-refractivity contribution in [3.05, 3.63) is 35.4 Å². The monoisotopic (exact) mass is 271 g/mol. The summed E-state index contributed by atoms with van der Waals surface area (Å²) < 4.78 is 27.5. The fourth-order valence-corrected chi connectivity index (χ4v) is 3.31. The zero-order valence-electron chi connectivity index (χ0n) is 10.8. The van der Waals surface area contributed by atoms with Gasteiger partial charge in [0, 0.05) is 22.9 Å². The van der Waals surface area contributed by atoms with Gasteiger partial charge < -0.3 is 5.32 Å². The summed E-state index contributed by atoms with van der Waals surface area (Å²) in [4.78, 5) is 0. The number of rotatable bonds is 5. The van der Waals surface area contributed by atoms with Crippen molar-refractivity contribution in [2.75, 3.05) is 12.8 Å². The predicted octanol–water partition coefficient (Wildman–Crippen LogP) is 3.90. The molecule has 1 aliphatic rings. The first-order valence-electron chi connectivity index (χ1n) is 6.30. The number of benzene rings is 1. The fraction of sp³-hybridized carbons (Fsp3) is 0.571. The van der Waals surface area contributed by atoms with Gasteiger partial charge in [-0.05, 0) is 38.2 Å². The zero-order chi connectivity index (χ0) is 13.2. The van der Waals surface area contributed by atoms with Crippen LogP contribution in [0.5, 0.6) is 0 Å². The lowest BCUT2D eigenvalue weighted by molar-refractivity contribution is 0.330. The first-order valence-corrected chi connectivity index (χ1v) is 7.53. The maximum absolute atomic E-state index is 13.6. The summed E-state index contributed by atoms with van der Waals surface area (Å²) >= 11 is 1.85. The Morgan fingerprint density at radius 2 is 1.94 bits per heavy atom. The molecule has 0 aliphatic heterocycles. The molecule has 100 valence electrons. The first kappa shape index (κ1) is 13.8. The second kappa shape index (κ2) is 5.57. The lowest BCUT2D eigenvalue weighted by atomic mass is 9.84. The van der Waals surface area contributed by atoms with E-state index in [1.807, 2.05) is 18.7 Å². The molecule has 1 saturated carbocycles. The van der Waals surface area contributed by atoms with Gasteiger partial charge in [-0.25, -0.2) is 8.78 Å². The molecule has 1 aliphatic carbocycles. The van der Waals surface area contributed by atoms with Crippen molar-refractivity contribution < 1.29 is 8.78 Å². The van der Waals surface area contributed by atoms with E-state index in [4.69, 9.17) is 0 Å². The molecule has 18 heavy (non-hydrogen) atoms. The number of hydrogen-bond acceptors (Lipinski definition) is 2. The third kappa shape index (κ3) is 2.69. The molecule has 4 heteroatoms. The molecule has 0 amide bonds. The van der Waals surface area contributed by atoms with Gasteiger partial charge in [0.1, 0.15) is 11.6 Å². The van der Waals surface area contributed by atoms with E-state index < -0.39 is 11.6 Å². The van der Waals surface area contributed by atoms with E-state index in [2.05, 4.69) is 11.6 Å². The van der Waals surface area contributed by atoms with E-state index in [1.54, 1.807) is 0 Å². The Hall–Kier alpha value is -0.610. The second-order valence-corrected chi connectivity index (χ2v) is 6.25. The summed E-state index contributed by atoms with van der Waals surface area (Å²) in [7, 11) is 0. The maximum atomic E-state index is 13.6. The Bertz CT molecular complexity index is 392. The van der Waals surface area contributed by atoms with Crippen LogP contribution in [0.15, 0.2) is 18.2 Å². The van der Waals surface area contributed by atoms with Gasteiger partial charge in [0.2, 0.25) is 0 Å². The quantitative estimate of drug-likeness (QED) is 0.871. The average Bonchev–Trinajstić information content (AvgIpc) is 2.28. The molecule has 1 aromatic carbocycles. The minimum atomic E-state index is -0.471. The molecule has 2 rings (SSSR count). The minimum absolute atomic E-state index is 0.146. The van der Waals surface area contributed by atoms with Crippen molar-refractivity contribution in [2.45, 2.75) is 37.0 Å². The van der Waals surface area contributed by atoms with E-state index in [0.717, 1.165) is 6.54 Å². The van der Waals surface area contributed by atoms with Crippen LogP contribution in [0, 0.1) is 11.6 Å². The van der Waals surface area contributed by atoms with Gasteiger partial charge in [0.05, 0.1) is 0 Å². The Labute approximate surface area is 111 Å². The van der Waals surface area contributed by atoms with E-state index in [1.165, 1.54) is 37.5 Å². The van der Waals surface area contributed by atoms with Crippen molar-refractivity contribution >= 4 is 11.8 Å². The normalized spacial score (nSPS) is 19.3. The third-order valence-corrected chi connectivity index (χ3v) is 5.28. The molecule has 1 N–H and O–H groups in total. The molecule has 0 radical (unpaired) electrons. The SMILES string of the molecule is CSC1(CNC(C)c2c(F)cccc2F)CCC1. The molecule has 0 saturated heterocycles. The molecule has 0 bridgehead atoms. The topological polar surface area (TPSA) is 12.0 Å². The van der Waals surface area contributed by atoms with Crippen LogP contribution in [0.1, 0.15) is 37.8 Å². The first-order chi connectivity index (χ1) is 8.58. The van der Waals surface area contributed by atoms with Crippen LogP contribution in [0.2, 0.25) is 0 Å². The van der Waals surface area contributed by atoms with Gasteiger partial charge in [0.25, 0.3) is 0 Å². The van der Waals surface area contributed by atoms with Gasteiger partial charge >= 0.3 is 0 Å². The molecule has 1 fully saturated rings. The standard InChI is InChI=1S/C14H19F2NS/c1-10(13-11(15)5-3-6-12(13)16)17-9-14(18-2)7-4-8-14/h3,5-6,10,17H,4,7-9H2,1-2H3. The van der Waals surface area contributed by atoms with Crippen molar-refractivity contribution in [1.82, 2.24) is 5.32 Å². The number of halogens is 2. The predicted molar refractivity (Wildman–Crippen MR) is 72.9 cm³/mol. The summed E-state index contributed by atoms with van der Waals surface area (Å²) in [6, 6.07) is 3.72. The van der Waals surface area contributed by atoms with Crippen LogP contribution in [0.3, 0.4) is 0 Å². The van der Waals surface area contributed by atoms with Gasteiger partial charge in [-0.2, -0.15) is 11.8 Å². The van der Waals surface area contributed by atoms with E-state index in [9.17, 15) is 8.78 Å². The smallest absolute Gasteiger partial charge is 0.130 e. The van der Waals surface area contributed by atoms with E-state index in [0.29, 0.717) is 0 Å². The molecule has 1 aromatic rings. The lowest BCUT2D eigenvalue weighted by Crippen LogP contribution is -2.44. The molecule has 0 heterocycles. The number of nitrogens with one attached hydrogen (secondary N) is 1. The maximum Gasteiger partial charge on any atom is 0.130 e. The van der Waals surface area contributed by atoms with Crippen molar-refractivity contribution in [1.29, 1.82) is 0 Å². The average molecular weight is 271 g/mol. The highest BCUT2D eigenvalue weighted by atomic mass is 32.2.